The van der Waals surface area contributed by atoms with Crippen LogP contribution in [0.15, 0.2) is 54.7 Å². The van der Waals surface area contributed by atoms with Crippen molar-refractivity contribution in [3.8, 4) is 17.1 Å². The molecule has 0 bridgehead atoms. The summed E-state index contributed by atoms with van der Waals surface area (Å²) in [7, 11) is 0. The summed E-state index contributed by atoms with van der Waals surface area (Å²) in [5, 5.41) is 4.47. The predicted octanol–water partition coefficient (Wildman–Crippen LogP) is 2.10. The van der Waals surface area contributed by atoms with Gasteiger partial charge < -0.3 is 11.5 Å². The molecule has 0 fully saturated rings. The van der Waals surface area contributed by atoms with Gasteiger partial charge in [-0.2, -0.15) is 9.78 Å². The Morgan fingerprint density at radius 2 is 1.74 bits per heavy atom. The van der Waals surface area contributed by atoms with E-state index in [-0.39, 0.29) is 0 Å². The Labute approximate surface area is 110 Å². The van der Waals surface area contributed by atoms with Gasteiger partial charge in [-0.1, -0.05) is 18.2 Å². The molecule has 2 heterocycles. The van der Waals surface area contributed by atoms with Gasteiger partial charge in [0.15, 0.2) is 5.82 Å². The molecule has 5 nitrogen and oxygen atoms in total. The Balaban J connectivity index is 2.04. The number of benzene rings is 1. The zero-order valence-electron chi connectivity index (χ0n) is 10.2. The van der Waals surface area contributed by atoms with Crippen LogP contribution in [0.1, 0.15) is 0 Å². The molecule has 3 aromatic rings. The van der Waals surface area contributed by atoms with E-state index in [4.69, 9.17) is 11.5 Å². The summed E-state index contributed by atoms with van der Waals surface area (Å²) < 4.78 is 1.62. The van der Waals surface area contributed by atoms with Crippen LogP contribution >= 0.6 is 0 Å². The molecule has 0 aliphatic carbocycles. The maximum Gasteiger partial charge on any atom is 0.155 e. The minimum Gasteiger partial charge on any atom is -0.399 e. The van der Waals surface area contributed by atoms with E-state index in [0.717, 1.165) is 16.9 Å². The smallest absolute Gasteiger partial charge is 0.155 e. The first kappa shape index (κ1) is 11.3. The number of nitrogen functional groups attached to an aromatic ring is 2. The van der Waals surface area contributed by atoms with Gasteiger partial charge in [0.05, 0.1) is 5.69 Å². The molecular weight excluding hydrogens is 238 g/mol. The predicted molar refractivity (Wildman–Crippen MR) is 75.6 cm³/mol. The number of hydrogen-bond acceptors (Lipinski definition) is 4. The number of nitrogens with zero attached hydrogens (tertiary/aromatic N) is 3. The monoisotopic (exact) mass is 251 g/mol. The lowest BCUT2D eigenvalue weighted by molar-refractivity contribution is 0.860. The average Bonchev–Trinajstić information content (AvgIpc) is 2.83. The molecule has 1 aromatic carbocycles. The third-order valence-electron chi connectivity index (χ3n) is 2.81. The van der Waals surface area contributed by atoms with Gasteiger partial charge in [0, 0.05) is 23.5 Å². The van der Waals surface area contributed by atoms with Crippen LogP contribution in [0.2, 0.25) is 0 Å². The number of anilines is 2. The molecule has 0 spiro atoms. The van der Waals surface area contributed by atoms with Crippen LogP contribution in [-0.2, 0) is 0 Å². The van der Waals surface area contributed by atoms with Crippen LogP contribution in [0.4, 0.5) is 11.5 Å². The zero-order chi connectivity index (χ0) is 13.2. The van der Waals surface area contributed by atoms with E-state index < -0.39 is 0 Å². The van der Waals surface area contributed by atoms with E-state index in [1.807, 2.05) is 48.5 Å². The molecule has 94 valence electrons. The molecule has 0 unspecified atom stereocenters. The van der Waals surface area contributed by atoms with Crippen molar-refractivity contribution in [1.29, 1.82) is 0 Å². The van der Waals surface area contributed by atoms with Crippen molar-refractivity contribution >= 4 is 11.5 Å². The standard InChI is InChI=1S/C14H13N5/c15-11-6-4-10(5-7-11)12-9-13(16)19(18-12)14-3-1-2-8-17-14/h1-9H,15-16H2. The SMILES string of the molecule is Nc1ccc(-c2cc(N)n(-c3ccccn3)n2)cc1. The molecule has 4 N–H and O–H groups in total. The highest BCUT2D eigenvalue weighted by Crippen LogP contribution is 2.22. The molecule has 0 aliphatic heterocycles. The third kappa shape index (κ3) is 2.13. The van der Waals surface area contributed by atoms with Crippen molar-refractivity contribution in [2.75, 3.05) is 11.5 Å². The molecule has 0 saturated carbocycles. The summed E-state index contributed by atoms with van der Waals surface area (Å²) in [6, 6.07) is 14.9. The third-order valence-corrected chi connectivity index (χ3v) is 2.81. The van der Waals surface area contributed by atoms with Crippen molar-refractivity contribution < 1.29 is 0 Å². The second-order valence-electron chi connectivity index (χ2n) is 4.18. The minimum atomic E-state index is 0.547. The van der Waals surface area contributed by atoms with E-state index in [2.05, 4.69) is 10.1 Å². The van der Waals surface area contributed by atoms with Crippen LogP contribution in [0.25, 0.3) is 17.1 Å². The van der Waals surface area contributed by atoms with Crippen molar-refractivity contribution in [2.24, 2.45) is 0 Å². The van der Waals surface area contributed by atoms with Crippen LogP contribution < -0.4 is 11.5 Å². The summed E-state index contributed by atoms with van der Waals surface area (Å²) in [6.45, 7) is 0. The summed E-state index contributed by atoms with van der Waals surface area (Å²) in [6.07, 6.45) is 1.71. The second-order valence-corrected chi connectivity index (χ2v) is 4.18. The summed E-state index contributed by atoms with van der Waals surface area (Å²) in [5.74, 6) is 1.24. The first-order valence-corrected chi connectivity index (χ1v) is 5.87. The van der Waals surface area contributed by atoms with Gasteiger partial charge in [-0.25, -0.2) is 4.98 Å². The zero-order valence-corrected chi connectivity index (χ0v) is 10.2. The van der Waals surface area contributed by atoms with E-state index in [0.29, 0.717) is 11.6 Å². The fourth-order valence-electron chi connectivity index (χ4n) is 1.85. The van der Waals surface area contributed by atoms with Gasteiger partial charge >= 0.3 is 0 Å². The van der Waals surface area contributed by atoms with E-state index in [9.17, 15) is 0 Å². The summed E-state index contributed by atoms with van der Waals surface area (Å²) in [5.41, 5.74) is 14.1. The summed E-state index contributed by atoms with van der Waals surface area (Å²) in [4.78, 5) is 4.23. The lowest BCUT2D eigenvalue weighted by Crippen LogP contribution is -2.03. The number of nitrogens with two attached hydrogens (primary N) is 2. The van der Waals surface area contributed by atoms with Gasteiger partial charge in [-0.15, -0.1) is 0 Å². The Hall–Kier alpha value is -2.82. The Kier molecular flexibility index (Phi) is 2.64. The molecule has 5 heteroatoms. The highest BCUT2D eigenvalue weighted by Gasteiger charge is 2.09. The largest absolute Gasteiger partial charge is 0.399 e. The van der Waals surface area contributed by atoms with Gasteiger partial charge in [0.2, 0.25) is 0 Å². The topological polar surface area (TPSA) is 82.8 Å². The molecule has 0 atom stereocenters. The Bertz CT molecular complexity index is 686. The fourth-order valence-corrected chi connectivity index (χ4v) is 1.85. The molecule has 0 saturated heterocycles. The van der Waals surface area contributed by atoms with Crippen LogP contribution in [0, 0.1) is 0 Å². The molecular formula is C14H13N5. The quantitative estimate of drug-likeness (QED) is 0.683. The maximum atomic E-state index is 5.98. The fraction of sp³-hybridized carbons (Fsp3) is 0. The summed E-state index contributed by atoms with van der Waals surface area (Å²) >= 11 is 0. The van der Waals surface area contributed by atoms with Crippen LogP contribution in [-0.4, -0.2) is 14.8 Å². The van der Waals surface area contributed by atoms with Crippen molar-refractivity contribution in [2.45, 2.75) is 0 Å². The first-order valence-electron chi connectivity index (χ1n) is 5.87. The van der Waals surface area contributed by atoms with Gasteiger partial charge in [0.1, 0.15) is 5.82 Å². The maximum absolute atomic E-state index is 5.98. The molecule has 0 radical (unpaired) electrons. The van der Waals surface area contributed by atoms with Gasteiger partial charge in [-0.3, -0.25) is 0 Å². The highest BCUT2D eigenvalue weighted by molar-refractivity contribution is 5.65. The number of rotatable bonds is 2. The normalized spacial score (nSPS) is 10.5. The van der Waals surface area contributed by atoms with Crippen LogP contribution in [0.3, 0.4) is 0 Å². The van der Waals surface area contributed by atoms with Crippen molar-refractivity contribution in [3.63, 3.8) is 0 Å². The average molecular weight is 251 g/mol. The Morgan fingerprint density at radius 1 is 0.947 bits per heavy atom. The molecule has 2 aromatic heterocycles. The van der Waals surface area contributed by atoms with Crippen molar-refractivity contribution in [1.82, 2.24) is 14.8 Å². The lowest BCUT2D eigenvalue weighted by atomic mass is 10.1. The van der Waals surface area contributed by atoms with Crippen molar-refractivity contribution in [3.05, 3.63) is 54.7 Å². The van der Waals surface area contributed by atoms with Gasteiger partial charge in [-0.05, 0) is 24.3 Å². The molecule has 19 heavy (non-hydrogen) atoms. The molecule has 3 rings (SSSR count). The Morgan fingerprint density at radius 3 is 2.42 bits per heavy atom. The number of hydrogen-bond donors (Lipinski definition) is 2. The second kappa shape index (κ2) is 4.45. The highest BCUT2D eigenvalue weighted by atomic mass is 15.3. The van der Waals surface area contributed by atoms with E-state index in [1.54, 1.807) is 10.9 Å². The number of pyridine rings is 1. The molecule has 0 amide bonds. The van der Waals surface area contributed by atoms with Crippen LogP contribution in [0.5, 0.6) is 0 Å². The van der Waals surface area contributed by atoms with Gasteiger partial charge in [0.25, 0.3) is 0 Å². The molecule has 0 aliphatic rings. The van der Waals surface area contributed by atoms with E-state index in [1.165, 1.54) is 0 Å². The number of aromatic nitrogens is 3. The lowest BCUT2D eigenvalue weighted by Gasteiger charge is -2.01. The first-order chi connectivity index (χ1) is 9.24. The minimum absolute atomic E-state index is 0.547. The van der Waals surface area contributed by atoms with E-state index >= 15 is 0 Å².